The van der Waals surface area contributed by atoms with Gasteiger partial charge in [0.05, 0.1) is 13.2 Å². The average molecular weight is 392 g/mol. The zero-order valence-electron chi connectivity index (χ0n) is 16.8. The molecule has 1 aromatic rings. The molecule has 0 spiro atoms. The first kappa shape index (κ1) is 21.9. The van der Waals surface area contributed by atoms with Gasteiger partial charge >= 0.3 is 5.97 Å². The number of benzene rings is 1. The normalized spacial score (nSPS) is 17.6. The number of rotatable bonds is 7. The standard InChI is InChI=1S/C21H29FN2O4/c1-15(2)18-14-23(19(25)5-4-6-21(27)28-3)12-11-20(26)24(18)13-16-7-9-17(22)10-8-16/h7-10,15,18H,4-6,11-14H2,1-3H3. The van der Waals surface area contributed by atoms with Crippen LogP contribution in [0.15, 0.2) is 24.3 Å². The molecule has 1 heterocycles. The van der Waals surface area contributed by atoms with Crippen molar-refractivity contribution in [3.63, 3.8) is 0 Å². The van der Waals surface area contributed by atoms with E-state index in [0.29, 0.717) is 26.1 Å². The van der Waals surface area contributed by atoms with Crippen molar-refractivity contribution in [3.8, 4) is 0 Å². The maximum absolute atomic E-state index is 13.2. The Morgan fingerprint density at radius 2 is 1.89 bits per heavy atom. The predicted octanol–water partition coefficient (Wildman–Crippen LogP) is 2.75. The quantitative estimate of drug-likeness (QED) is 0.669. The van der Waals surface area contributed by atoms with Gasteiger partial charge < -0.3 is 14.5 Å². The maximum atomic E-state index is 13.2. The number of amides is 2. The molecule has 1 aliphatic heterocycles. The smallest absolute Gasteiger partial charge is 0.305 e. The lowest BCUT2D eigenvalue weighted by Crippen LogP contribution is -2.47. The summed E-state index contributed by atoms with van der Waals surface area (Å²) in [4.78, 5) is 40.1. The highest BCUT2D eigenvalue weighted by atomic mass is 19.1. The molecular weight excluding hydrogens is 363 g/mol. The highest BCUT2D eigenvalue weighted by Gasteiger charge is 2.33. The van der Waals surface area contributed by atoms with Gasteiger partial charge in [0.15, 0.2) is 0 Å². The monoisotopic (exact) mass is 392 g/mol. The van der Waals surface area contributed by atoms with Gasteiger partial charge in [0, 0.05) is 38.9 Å². The molecule has 0 radical (unpaired) electrons. The molecule has 2 rings (SSSR count). The third kappa shape index (κ3) is 6.04. The van der Waals surface area contributed by atoms with E-state index in [1.54, 1.807) is 21.9 Å². The van der Waals surface area contributed by atoms with Crippen molar-refractivity contribution < 1.29 is 23.5 Å². The van der Waals surface area contributed by atoms with Gasteiger partial charge in [-0.25, -0.2) is 4.39 Å². The summed E-state index contributed by atoms with van der Waals surface area (Å²) >= 11 is 0. The molecule has 6 nitrogen and oxygen atoms in total. The fourth-order valence-corrected chi connectivity index (χ4v) is 3.41. The largest absolute Gasteiger partial charge is 0.469 e. The van der Waals surface area contributed by atoms with Gasteiger partial charge in [-0.15, -0.1) is 0 Å². The number of halogens is 1. The van der Waals surface area contributed by atoms with E-state index in [4.69, 9.17) is 0 Å². The van der Waals surface area contributed by atoms with Crippen molar-refractivity contribution in [1.82, 2.24) is 9.80 Å². The van der Waals surface area contributed by atoms with Crippen LogP contribution in [0.3, 0.4) is 0 Å². The van der Waals surface area contributed by atoms with Gasteiger partial charge in [0.25, 0.3) is 0 Å². The summed E-state index contributed by atoms with van der Waals surface area (Å²) in [6, 6.07) is 6.02. The van der Waals surface area contributed by atoms with E-state index in [0.717, 1.165) is 5.56 Å². The van der Waals surface area contributed by atoms with Crippen LogP contribution < -0.4 is 0 Å². The molecular formula is C21H29FN2O4. The molecule has 1 fully saturated rings. The van der Waals surface area contributed by atoms with E-state index >= 15 is 0 Å². The Balaban J connectivity index is 2.06. The predicted molar refractivity (Wildman–Crippen MR) is 103 cm³/mol. The van der Waals surface area contributed by atoms with Crippen LogP contribution in [0, 0.1) is 11.7 Å². The third-order valence-electron chi connectivity index (χ3n) is 5.11. The van der Waals surface area contributed by atoms with Crippen molar-refractivity contribution in [2.75, 3.05) is 20.2 Å². The Morgan fingerprint density at radius 3 is 2.50 bits per heavy atom. The van der Waals surface area contributed by atoms with Crippen molar-refractivity contribution in [2.45, 2.75) is 52.1 Å². The molecule has 0 bridgehead atoms. The van der Waals surface area contributed by atoms with E-state index in [1.165, 1.54) is 19.2 Å². The highest BCUT2D eigenvalue weighted by molar-refractivity contribution is 5.81. The molecule has 2 amide bonds. The molecule has 1 saturated heterocycles. The molecule has 154 valence electrons. The summed E-state index contributed by atoms with van der Waals surface area (Å²) in [6.45, 7) is 5.29. The zero-order valence-corrected chi connectivity index (χ0v) is 16.8. The van der Waals surface area contributed by atoms with Gasteiger partial charge in [-0.2, -0.15) is 0 Å². The number of carbonyl (C=O) groups is 3. The second kappa shape index (κ2) is 10.2. The fourth-order valence-electron chi connectivity index (χ4n) is 3.41. The minimum Gasteiger partial charge on any atom is -0.469 e. The van der Waals surface area contributed by atoms with Crippen molar-refractivity contribution in [2.24, 2.45) is 5.92 Å². The van der Waals surface area contributed by atoms with Crippen LogP contribution >= 0.6 is 0 Å². The van der Waals surface area contributed by atoms with Crippen LogP contribution in [-0.2, 0) is 25.7 Å². The maximum Gasteiger partial charge on any atom is 0.305 e. The second-order valence-electron chi connectivity index (χ2n) is 7.48. The number of hydrogen-bond donors (Lipinski definition) is 0. The number of nitrogens with zero attached hydrogens (tertiary/aromatic N) is 2. The van der Waals surface area contributed by atoms with Crippen molar-refractivity contribution in [1.29, 1.82) is 0 Å². The molecule has 0 N–H and O–H groups in total. The zero-order chi connectivity index (χ0) is 20.7. The minimum atomic E-state index is -0.329. The first-order valence-electron chi connectivity index (χ1n) is 9.70. The van der Waals surface area contributed by atoms with Crippen LogP contribution in [0.5, 0.6) is 0 Å². The Hall–Kier alpha value is -2.44. The van der Waals surface area contributed by atoms with Crippen LogP contribution in [0.1, 0.15) is 45.1 Å². The second-order valence-corrected chi connectivity index (χ2v) is 7.48. The van der Waals surface area contributed by atoms with Crippen LogP contribution in [-0.4, -0.2) is 53.8 Å². The van der Waals surface area contributed by atoms with Gasteiger partial charge in [-0.05, 0) is 30.0 Å². The summed E-state index contributed by atoms with van der Waals surface area (Å²) in [5.41, 5.74) is 0.859. The molecule has 1 unspecified atom stereocenters. The molecule has 7 heteroatoms. The lowest BCUT2D eigenvalue weighted by atomic mass is 10.0. The molecule has 0 aromatic heterocycles. The first-order valence-corrected chi connectivity index (χ1v) is 9.70. The molecule has 1 aromatic carbocycles. The van der Waals surface area contributed by atoms with E-state index in [1.807, 2.05) is 13.8 Å². The third-order valence-corrected chi connectivity index (χ3v) is 5.11. The summed E-state index contributed by atoms with van der Waals surface area (Å²) in [5, 5.41) is 0. The number of carbonyl (C=O) groups excluding carboxylic acids is 3. The van der Waals surface area contributed by atoms with Crippen molar-refractivity contribution >= 4 is 17.8 Å². The van der Waals surface area contributed by atoms with E-state index in [-0.39, 0.29) is 54.8 Å². The summed E-state index contributed by atoms with van der Waals surface area (Å²) in [7, 11) is 1.33. The Labute approximate surface area is 165 Å². The van der Waals surface area contributed by atoms with E-state index in [2.05, 4.69) is 4.74 Å². The Bertz CT molecular complexity index is 690. The SMILES string of the molecule is COC(=O)CCCC(=O)N1CCC(=O)N(Cc2ccc(F)cc2)C(C(C)C)C1. The van der Waals surface area contributed by atoms with Gasteiger partial charge in [0.1, 0.15) is 5.82 Å². The van der Waals surface area contributed by atoms with Gasteiger partial charge in [0.2, 0.25) is 11.8 Å². The van der Waals surface area contributed by atoms with E-state index < -0.39 is 0 Å². The van der Waals surface area contributed by atoms with Crippen LogP contribution in [0.4, 0.5) is 4.39 Å². The number of esters is 1. The Kier molecular flexibility index (Phi) is 7.96. The van der Waals surface area contributed by atoms with Gasteiger partial charge in [-0.3, -0.25) is 14.4 Å². The molecule has 28 heavy (non-hydrogen) atoms. The molecule has 0 saturated carbocycles. The van der Waals surface area contributed by atoms with Crippen molar-refractivity contribution in [3.05, 3.63) is 35.6 Å². The Morgan fingerprint density at radius 1 is 1.21 bits per heavy atom. The summed E-state index contributed by atoms with van der Waals surface area (Å²) in [6.07, 6.45) is 1.15. The fraction of sp³-hybridized carbons (Fsp3) is 0.571. The van der Waals surface area contributed by atoms with Crippen LogP contribution in [0.2, 0.25) is 0 Å². The molecule has 1 aliphatic rings. The number of ether oxygens (including phenoxy) is 1. The molecule has 1 atom stereocenters. The lowest BCUT2D eigenvalue weighted by molar-refractivity contribution is -0.141. The summed E-state index contributed by atoms with van der Waals surface area (Å²) < 4.78 is 17.8. The van der Waals surface area contributed by atoms with Crippen LogP contribution in [0.25, 0.3) is 0 Å². The van der Waals surface area contributed by atoms with E-state index in [9.17, 15) is 18.8 Å². The summed E-state index contributed by atoms with van der Waals surface area (Å²) in [5.74, 6) is -0.536. The molecule has 0 aliphatic carbocycles. The topological polar surface area (TPSA) is 66.9 Å². The average Bonchev–Trinajstić information content (AvgIpc) is 2.83. The minimum absolute atomic E-state index is 0.00659. The highest BCUT2D eigenvalue weighted by Crippen LogP contribution is 2.22. The number of methoxy groups -OCH3 is 1. The van der Waals surface area contributed by atoms with Gasteiger partial charge in [-0.1, -0.05) is 26.0 Å². The first-order chi connectivity index (χ1) is 13.3. The number of hydrogen-bond acceptors (Lipinski definition) is 4. The lowest BCUT2D eigenvalue weighted by Gasteiger charge is -2.34.